The lowest BCUT2D eigenvalue weighted by molar-refractivity contribution is 0.669. The Kier molecular flexibility index (Phi) is 7.42. The second-order valence-corrected chi connectivity index (χ2v) is 14.0. The van der Waals surface area contributed by atoms with Gasteiger partial charge in [-0.2, -0.15) is 5.10 Å². The second kappa shape index (κ2) is 13.0. The van der Waals surface area contributed by atoms with Gasteiger partial charge in [0.15, 0.2) is 5.82 Å². The summed E-state index contributed by atoms with van der Waals surface area (Å²) in [5.41, 5.74) is 12.6. The summed E-state index contributed by atoms with van der Waals surface area (Å²) >= 11 is 0. The van der Waals surface area contributed by atoms with Gasteiger partial charge in [0, 0.05) is 43.8 Å². The first-order valence-electron chi connectivity index (χ1n) is 18.8. The molecular formula is C51H32N4O. The number of hydrogen-bond donors (Lipinski definition) is 0. The van der Waals surface area contributed by atoms with Gasteiger partial charge >= 0.3 is 0 Å². The predicted molar refractivity (Wildman–Crippen MR) is 229 cm³/mol. The van der Waals surface area contributed by atoms with Crippen LogP contribution in [0.5, 0.6) is 0 Å². The summed E-state index contributed by atoms with van der Waals surface area (Å²) in [5.74, 6) is 0.666. The molecule has 0 amide bonds. The van der Waals surface area contributed by atoms with E-state index in [2.05, 4.69) is 144 Å². The second-order valence-electron chi connectivity index (χ2n) is 14.0. The molecule has 5 nitrogen and oxygen atoms in total. The van der Waals surface area contributed by atoms with Crippen molar-refractivity contribution in [2.75, 3.05) is 0 Å². The van der Waals surface area contributed by atoms with Gasteiger partial charge in [-0.25, -0.2) is 14.6 Å². The van der Waals surface area contributed by atoms with Crippen molar-refractivity contribution in [3.8, 4) is 62.0 Å². The smallest absolute Gasteiger partial charge is 0.160 e. The average Bonchev–Trinajstić information content (AvgIpc) is 3.87. The number of para-hydroxylation sites is 2. The first-order valence-corrected chi connectivity index (χ1v) is 18.8. The molecule has 0 aliphatic heterocycles. The van der Waals surface area contributed by atoms with E-state index in [0.717, 1.165) is 94.4 Å². The topological polar surface area (TPSA) is 56.7 Å². The first-order chi connectivity index (χ1) is 27.8. The van der Waals surface area contributed by atoms with E-state index in [0.29, 0.717) is 5.82 Å². The Morgan fingerprint density at radius 1 is 0.411 bits per heavy atom. The summed E-state index contributed by atoms with van der Waals surface area (Å²) in [4.78, 5) is 10.3. The third kappa shape index (κ3) is 5.29. The van der Waals surface area contributed by atoms with Gasteiger partial charge < -0.3 is 4.42 Å². The number of aromatic nitrogens is 4. The third-order valence-electron chi connectivity index (χ3n) is 10.6. The highest BCUT2D eigenvalue weighted by Crippen LogP contribution is 2.42. The molecule has 0 saturated heterocycles. The fraction of sp³-hybridized carbons (Fsp3) is 0. The van der Waals surface area contributed by atoms with Gasteiger partial charge in [-0.1, -0.05) is 158 Å². The fourth-order valence-corrected chi connectivity index (χ4v) is 8.03. The van der Waals surface area contributed by atoms with Crippen LogP contribution in [0.4, 0.5) is 0 Å². The number of fused-ring (bicyclic) bond motifs is 6. The molecule has 0 aliphatic rings. The molecule has 11 aromatic rings. The molecule has 3 aromatic heterocycles. The van der Waals surface area contributed by atoms with Gasteiger partial charge in [-0.05, 0) is 52.9 Å². The summed E-state index contributed by atoms with van der Waals surface area (Å²) in [5, 5.41) is 11.0. The number of benzene rings is 8. The van der Waals surface area contributed by atoms with Crippen LogP contribution < -0.4 is 0 Å². The largest absolute Gasteiger partial charge is 0.456 e. The van der Waals surface area contributed by atoms with Crippen molar-refractivity contribution < 1.29 is 4.42 Å². The van der Waals surface area contributed by atoms with Crippen LogP contribution >= 0.6 is 0 Å². The summed E-state index contributed by atoms with van der Waals surface area (Å²) in [7, 11) is 0. The van der Waals surface area contributed by atoms with E-state index in [1.165, 1.54) is 5.39 Å². The van der Waals surface area contributed by atoms with E-state index >= 15 is 0 Å². The molecule has 56 heavy (non-hydrogen) atoms. The first kappa shape index (κ1) is 31.9. The predicted octanol–water partition coefficient (Wildman–Crippen LogP) is 13.2. The molecule has 0 radical (unpaired) electrons. The molecule has 0 bridgehead atoms. The van der Waals surface area contributed by atoms with Gasteiger partial charge in [0.1, 0.15) is 16.9 Å². The summed E-state index contributed by atoms with van der Waals surface area (Å²) in [6.45, 7) is 0. The molecule has 0 saturated carbocycles. The lowest BCUT2D eigenvalue weighted by Gasteiger charge is -2.11. The summed E-state index contributed by atoms with van der Waals surface area (Å²) in [6.07, 6.45) is 0. The van der Waals surface area contributed by atoms with Gasteiger partial charge in [-0.3, -0.25) is 0 Å². The highest BCUT2D eigenvalue weighted by Gasteiger charge is 2.22. The minimum absolute atomic E-state index is 0.666. The number of hydrogen-bond acceptors (Lipinski definition) is 4. The van der Waals surface area contributed by atoms with Crippen LogP contribution in [-0.2, 0) is 0 Å². The standard InChI is InChI=1S/C51H32N4O/c1-4-15-33(16-5-1)42-31-37-19-10-11-22-39(37)50-48(42)49(54-55(50)38-20-8-3-9-21-38)35-29-27-34(28-30-35)43-32-44(53-51(52-43)36-17-6-2-7-18-36)40-24-14-26-46-47(40)41-23-12-13-25-45(41)56-46/h1-32H. The van der Waals surface area contributed by atoms with Crippen molar-refractivity contribution in [3.05, 3.63) is 194 Å². The molecule has 0 atom stereocenters. The highest BCUT2D eigenvalue weighted by molar-refractivity contribution is 6.17. The monoisotopic (exact) mass is 716 g/mol. The molecule has 0 N–H and O–H groups in total. The number of furan rings is 1. The van der Waals surface area contributed by atoms with E-state index in [1.807, 2.05) is 54.6 Å². The third-order valence-corrected chi connectivity index (χ3v) is 10.6. The minimum atomic E-state index is 0.666. The van der Waals surface area contributed by atoms with E-state index in [-0.39, 0.29) is 0 Å². The van der Waals surface area contributed by atoms with Gasteiger partial charge in [0.2, 0.25) is 0 Å². The molecule has 0 spiro atoms. The van der Waals surface area contributed by atoms with Gasteiger partial charge in [0.25, 0.3) is 0 Å². The maximum absolute atomic E-state index is 6.27. The Labute approximate surface area is 322 Å². The Balaban J connectivity index is 1.11. The zero-order chi connectivity index (χ0) is 37.0. The van der Waals surface area contributed by atoms with E-state index in [9.17, 15) is 0 Å². The zero-order valence-electron chi connectivity index (χ0n) is 30.2. The van der Waals surface area contributed by atoms with Crippen molar-refractivity contribution >= 4 is 43.6 Å². The minimum Gasteiger partial charge on any atom is -0.456 e. The van der Waals surface area contributed by atoms with Crippen LogP contribution in [0.3, 0.4) is 0 Å². The van der Waals surface area contributed by atoms with Crippen molar-refractivity contribution in [2.24, 2.45) is 0 Å². The number of nitrogens with zero attached hydrogens (tertiary/aromatic N) is 4. The Hall–Kier alpha value is -7.63. The van der Waals surface area contributed by atoms with Crippen LogP contribution in [0.1, 0.15) is 0 Å². The SMILES string of the molecule is c1ccc(-c2nc(-c3ccc(-c4nn(-c5ccccc5)c5c4c(-c4ccccc4)cc4ccccc45)cc3)cc(-c3cccc4oc5ccccc5c34)n2)cc1. The van der Waals surface area contributed by atoms with Crippen LogP contribution in [-0.4, -0.2) is 19.7 Å². The molecule has 5 heteroatoms. The zero-order valence-corrected chi connectivity index (χ0v) is 30.2. The van der Waals surface area contributed by atoms with Crippen LogP contribution in [0.25, 0.3) is 106 Å². The lowest BCUT2D eigenvalue weighted by Crippen LogP contribution is -1.97. The van der Waals surface area contributed by atoms with Crippen molar-refractivity contribution in [3.63, 3.8) is 0 Å². The van der Waals surface area contributed by atoms with Crippen molar-refractivity contribution in [1.82, 2.24) is 19.7 Å². The van der Waals surface area contributed by atoms with E-state index in [1.54, 1.807) is 0 Å². The molecule has 262 valence electrons. The maximum Gasteiger partial charge on any atom is 0.160 e. The fourth-order valence-electron chi connectivity index (χ4n) is 8.03. The number of rotatable bonds is 6. The van der Waals surface area contributed by atoms with Crippen LogP contribution in [0.2, 0.25) is 0 Å². The van der Waals surface area contributed by atoms with Crippen molar-refractivity contribution in [2.45, 2.75) is 0 Å². The molecule has 3 heterocycles. The summed E-state index contributed by atoms with van der Waals surface area (Å²) < 4.78 is 8.38. The summed E-state index contributed by atoms with van der Waals surface area (Å²) in [6, 6.07) is 67.2. The molecule has 0 aliphatic carbocycles. The van der Waals surface area contributed by atoms with Gasteiger partial charge in [0.05, 0.1) is 22.6 Å². The molecule has 8 aromatic carbocycles. The molecule has 0 unspecified atom stereocenters. The Bertz CT molecular complexity index is 3220. The normalized spacial score (nSPS) is 11.6. The van der Waals surface area contributed by atoms with Crippen LogP contribution in [0.15, 0.2) is 199 Å². The average molecular weight is 717 g/mol. The molecule has 11 rings (SSSR count). The van der Waals surface area contributed by atoms with Gasteiger partial charge in [-0.15, -0.1) is 0 Å². The van der Waals surface area contributed by atoms with Crippen LogP contribution in [0, 0.1) is 0 Å². The Morgan fingerprint density at radius 3 is 1.82 bits per heavy atom. The van der Waals surface area contributed by atoms with Crippen molar-refractivity contribution in [1.29, 1.82) is 0 Å². The Morgan fingerprint density at radius 2 is 1.04 bits per heavy atom. The molecule has 0 fully saturated rings. The van der Waals surface area contributed by atoms with E-state index in [4.69, 9.17) is 19.5 Å². The quantitative estimate of drug-likeness (QED) is 0.172. The van der Waals surface area contributed by atoms with E-state index < -0.39 is 0 Å². The highest BCUT2D eigenvalue weighted by atomic mass is 16.3. The lowest BCUT2D eigenvalue weighted by atomic mass is 9.93. The molecular weight excluding hydrogens is 685 g/mol. The maximum atomic E-state index is 6.27.